The van der Waals surface area contributed by atoms with Gasteiger partial charge in [-0.05, 0) is 50.2 Å². The van der Waals surface area contributed by atoms with Crippen molar-refractivity contribution in [1.29, 1.82) is 0 Å². The van der Waals surface area contributed by atoms with Crippen LogP contribution in [-0.4, -0.2) is 45.1 Å². The Morgan fingerprint density at radius 3 is 2.58 bits per heavy atom. The molecule has 7 heteroatoms. The van der Waals surface area contributed by atoms with Crippen molar-refractivity contribution in [2.75, 3.05) is 18.4 Å². The summed E-state index contributed by atoms with van der Waals surface area (Å²) in [7, 11) is 0. The van der Waals surface area contributed by atoms with E-state index in [9.17, 15) is 4.79 Å². The van der Waals surface area contributed by atoms with Gasteiger partial charge in [0.25, 0.3) is 0 Å². The highest BCUT2D eigenvalue weighted by Crippen LogP contribution is 2.53. The molecule has 126 valence electrons. The fourth-order valence-electron chi connectivity index (χ4n) is 3.29. The number of piperidine rings is 1. The number of hydrogen-bond donors (Lipinski definition) is 1. The number of amides is 1. The van der Waals surface area contributed by atoms with Crippen LogP contribution in [0.4, 0.5) is 6.01 Å². The van der Waals surface area contributed by atoms with Crippen molar-refractivity contribution in [2.24, 2.45) is 5.41 Å². The molecule has 2 aromatic rings. The maximum absolute atomic E-state index is 12.6. The van der Waals surface area contributed by atoms with Crippen LogP contribution >= 0.6 is 0 Å². The zero-order valence-electron chi connectivity index (χ0n) is 13.7. The van der Waals surface area contributed by atoms with Gasteiger partial charge < -0.3 is 14.6 Å². The normalized spacial score (nSPS) is 20.0. The van der Waals surface area contributed by atoms with Gasteiger partial charge in [0.15, 0.2) is 0 Å². The van der Waals surface area contributed by atoms with Crippen molar-refractivity contribution in [2.45, 2.75) is 38.6 Å². The van der Waals surface area contributed by atoms with E-state index in [0.717, 1.165) is 31.5 Å². The molecule has 2 aromatic heterocycles. The topological polar surface area (TPSA) is 84.1 Å². The summed E-state index contributed by atoms with van der Waals surface area (Å²) in [5.74, 6) is 0.502. The van der Waals surface area contributed by atoms with Crippen molar-refractivity contribution in [3.8, 4) is 11.5 Å². The molecule has 0 bridgehead atoms. The molecule has 1 unspecified atom stereocenters. The van der Waals surface area contributed by atoms with Crippen LogP contribution in [0, 0.1) is 5.41 Å². The van der Waals surface area contributed by atoms with E-state index in [1.807, 2.05) is 11.8 Å². The maximum Gasteiger partial charge on any atom is 0.316 e. The molecule has 3 heterocycles. The Hall–Kier alpha value is -2.44. The lowest BCUT2D eigenvalue weighted by Crippen LogP contribution is -2.45. The molecule has 24 heavy (non-hydrogen) atoms. The Bertz CT molecular complexity index is 716. The van der Waals surface area contributed by atoms with E-state index in [1.165, 1.54) is 12.8 Å². The minimum Gasteiger partial charge on any atom is -0.403 e. The van der Waals surface area contributed by atoms with Gasteiger partial charge in [-0.25, -0.2) is 0 Å². The third kappa shape index (κ3) is 2.98. The molecule has 2 aliphatic rings. The first-order chi connectivity index (χ1) is 11.7. The van der Waals surface area contributed by atoms with Gasteiger partial charge in [0.1, 0.15) is 6.04 Å². The highest BCUT2D eigenvalue weighted by Gasteiger charge is 2.45. The number of nitrogens with one attached hydrogen (secondary N) is 1. The van der Waals surface area contributed by atoms with E-state index < -0.39 is 0 Å². The lowest BCUT2D eigenvalue weighted by molar-refractivity contribution is -0.133. The fourth-order valence-corrected chi connectivity index (χ4v) is 3.29. The van der Waals surface area contributed by atoms with Crippen LogP contribution in [0.5, 0.6) is 0 Å². The zero-order valence-corrected chi connectivity index (χ0v) is 13.7. The van der Waals surface area contributed by atoms with Gasteiger partial charge in [-0.15, -0.1) is 5.10 Å². The molecule has 0 radical (unpaired) electrons. The molecule has 1 N–H and O–H groups in total. The Kier molecular flexibility index (Phi) is 3.70. The number of hydrogen-bond acceptors (Lipinski definition) is 6. The Morgan fingerprint density at radius 1 is 1.21 bits per heavy atom. The first kappa shape index (κ1) is 15.1. The third-order valence-electron chi connectivity index (χ3n) is 5.16. The average molecular weight is 327 g/mol. The van der Waals surface area contributed by atoms with Crippen LogP contribution in [0.25, 0.3) is 11.5 Å². The first-order valence-corrected chi connectivity index (χ1v) is 8.44. The molecule has 1 aliphatic carbocycles. The lowest BCUT2D eigenvalue weighted by Gasteiger charge is -2.33. The van der Waals surface area contributed by atoms with Crippen LogP contribution in [0.3, 0.4) is 0 Å². The summed E-state index contributed by atoms with van der Waals surface area (Å²) >= 11 is 0. The number of likely N-dealkylation sites (tertiary alicyclic amines) is 1. The quantitative estimate of drug-likeness (QED) is 0.928. The van der Waals surface area contributed by atoms with Gasteiger partial charge in [0, 0.05) is 31.0 Å². The van der Waals surface area contributed by atoms with Gasteiger partial charge in [-0.2, -0.15) is 0 Å². The molecule has 1 atom stereocenters. The number of rotatable bonds is 4. The largest absolute Gasteiger partial charge is 0.403 e. The summed E-state index contributed by atoms with van der Waals surface area (Å²) in [6.45, 7) is 3.55. The van der Waals surface area contributed by atoms with Gasteiger partial charge >= 0.3 is 6.01 Å². The van der Waals surface area contributed by atoms with Crippen molar-refractivity contribution in [3.05, 3.63) is 24.5 Å². The first-order valence-electron chi connectivity index (χ1n) is 8.44. The van der Waals surface area contributed by atoms with Gasteiger partial charge in [-0.1, -0.05) is 5.10 Å². The molecule has 1 saturated heterocycles. The monoisotopic (exact) mass is 327 g/mol. The highest BCUT2D eigenvalue weighted by atomic mass is 16.4. The maximum atomic E-state index is 12.6. The molecule has 4 rings (SSSR count). The lowest BCUT2D eigenvalue weighted by atomic mass is 9.93. The summed E-state index contributed by atoms with van der Waals surface area (Å²) in [4.78, 5) is 18.5. The molecule has 1 saturated carbocycles. The number of nitrogens with zero attached hydrogens (tertiary/aromatic N) is 4. The number of anilines is 1. The van der Waals surface area contributed by atoms with E-state index in [-0.39, 0.29) is 18.0 Å². The second kappa shape index (κ2) is 5.89. The second-order valence-corrected chi connectivity index (χ2v) is 6.84. The van der Waals surface area contributed by atoms with Gasteiger partial charge in [0.05, 0.1) is 0 Å². The molecule has 1 aliphatic heterocycles. The zero-order chi connectivity index (χ0) is 16.6. The summed E-state index contributed by atoms with van der Waals surface area (Å²) in [6, 6.07) is 3.48. The summed E-state index contributed by atoms with van der Waals surface area (Å²) in [5, 5.41) is 11.0. The van der Waals surface area contributed by atoms with Crippen LogP contribution in [-0.2, 0) is 4.79 Å². The van der Waals surface area contributed by atoms with Crippen LogP contribution in [0.2, 0.25) is 0 Å². The number of carbonyl (C=O) groups is 1. The standard InChI is InChI=1S/C17H21N5O2/c1-12(15(23)22-10-6-17(4-5-17)7-11-22)19-16-21-20-14(24-16)13-2-8-18-9-3-13/h2-3,8-9,12H,4-7,10-11H2,1H3,(H,19,21). The van der Waals surface area contributed by atoms with Crippen LogP contribution < -0.4 is 5.32 Å². The van der Waals surface area contributed by atoms with Crippen LogP contribution in [0.1, 0.15) is 32.6 Å². The average Bonchev–Trinajstić information content (AvgIpc) is 3.20. The number of pyridine rings is 1. The van der Waals surface area contributed by atoms with Crippen molar-refractivity contribution >= 4 is 11.9 Å². The Morgan fingerprint density at radius 2 is 1.92 bits per heavy atom. The van der Waals surface area contributed by atoms with E-state index in [1.54, 1.807) is 24.5 Å². The van der Waals surface area contributed by atoms with Gasteiger partial charge in [-0.3, -0.25) is 9.78 Å². The molecular formula is C17H21N5O2. The smallest absolute Gasteiger partial charge is 0.316 e. The summed E-state index contributed by atoms with van der Waals surface area (Å²) in [6.07, 6.45) is 8.28. The third-order valence-corrected chi connectivity index (χ3v) is 5.16. The minimum absolute atomic E-state index is 0.0918. The molecule has 7 nitrogen and oxygen atoms in total. The Balaban J connectivity index is 1.36. The molecule has 1 amide bonds. The van der Waals surface area contributed by atoms with E-state index >= 15 is 0 Å². The predicted molar refractivity (Wildman–Crippen MR) is 88.1 cm³/mol. The number of carbonyl (C=O) groups excluding carboxylic acids is 1. The fraction of sp³-hybridized carbons (Fsp3) is 0.529. The predicted octanol–water partition coefficient (Wildman–Crippen LogP) is 2.33. The molecular weight excluding hydrogens is 306 g/mol. The summed E-state index contributed by atoms with van der Waals surface area (Å²) in [5.41, 5.74) is 1.37. The SMILES string of the molecule is CC(Nc1nnc(-c2ccncc2)o1)C(=O)N1CCC2(CC1)CC2. The highest BCUT2D eigenvalue weighted by molar-refractivity contribution is 5.83. The van der Waals surface area contributed by atoms with Crippen LogP contribution in [0.15, 0.2) is 28.9 Å². The molecule has 2 fully saturated rings. The van der Waals surface area contributed by atoms with E-state index in [2.05, 4.69) is 20.5 Å². The summed E-state index contributed by atoms with van der Waals surface area (Å²) < 4.78 is 5.59. The van der Waals surface area contributed by atoms with Crippen molar-refractivity contribution in [1.82, 2.24) is 20.1 Å². The molecule has 1 spiro atoms. The van der Waals surface area contributed by atoms with E-state index in [4.69, 9.17) is 4.42 Å². The number of aromatic nitrogens is 3. The van der Waals surface area contributed by atoms with Gasteiger partial charge in [0.2, 0.25) is 11.8 Å². The van der Waals surface area contributed by atoms with Crippen molar-refractivity contribution < 1.29 is 9.21 Å². The second-order valence-electron chi connectivity index (χ2n) is 6.84. The van der Waals surface area contributed by atoms with E-state index in [0.29, 0.717) is 11.3 Å². The molecule has 0 aromatic carbocycles. The van der Waals surface area contributed by atoms with Crippen molar-refractivity contribution in [3.63, 3.8) is 0 Å². The minimum atomic E-state index is -0.385. The Labute approximate surface area is 140 Å².